The van der Waals surface area contributed by atoms with Crippen LogP contribution < -0.4 is 11.1 Å². The third kappa shape index (κ3) is 4.11. The third-order valence-corrected chi connectivity index (χ3v) is 4.18. The van der Waals surface area contributed by atoms with Crippen molar-refractivity contribution in [2.45, 2.75) is 44.9 Å². The molecular formula is C16H24IN3. The lowest BCUT2D eigenvalue weighted by atomic mass is 9.90. The van der Waals surface area contributed by atoms with E-state index in [0.29, 0.717) is 5.96 Å². The van der Waals surface area contributed by atoms with Crippen LogP contribution in [0.4, 0.5) is 5.69 Å². The summed E-state index contributed by atoms with van der Waals surface area (Å²) in [6, 6.07) is 6.47. The maximum atomic E-state index is 5.98. The predicted molar refractivity (Wildman–Crippen MR) is 96.0 cm³/mol. The summed E-state index contributed by atoms with van der Waals surface area (Å²) < 4.78 is 0. The number of fused-ring (bicyclic) bond motifs is 1. The van der Waals surface area contributed by atoms with Crippen molar-refractivity contribution in [1.29, 1.82) is 0 Å². The summed E-state index contributed by atoms with van der Waals surface area (Å²) in [5.41, 5.74) is 10.1. The predicted octanol–water partition coefficient (Wildman–Crippen LogP) is 3.71. The largest absolute Gasteiger partial charge is 0.370 e. The number of aliphatic imine (C=N–C) groups is 1. The van der Waals surface area contributed by atoms with Crippen LogP contribution in [0.1, 0.15) is 43.2 Å². The van der Waals surface area contributed by atoms with Gasteiger partial charge in [0.15, 0.2) is 5.96 Å². The Labute approximate surface area is 138 Å². The van der Waals surface area contributed by atoms with Crippen molar-refractivity contribution in [2.75, 3.05) is 11.9 Å². The number of nitrogens with zero attached hydrogens (tertiary/aromatic N) is 1. The molecule has 20 heavy (non-hydrogen) atoms. The minimum absolute atomic E-state index is 0. The number of aryl methyl sites for hydroxylation is 1. The highest BCUT2D eigenvalue weighted by atomic mass is 127. The van der Waals surface area contributed by atoms with Gasteiger partial charge < -0.3 is 11.1 Å². The lowest BCUT2D eigenvalue weighted by Gasteiger charge is -2.19. The van der Waals surface area contributed by atoms with Gasteiger partial charge >= 0.3 is 0 Å². The third-order valence-electron chi connectivity index (χ3n) is 4.18. The normalized spacial score (nSPS) is 18.1. The second kappa shape index (κ2) is 7.29. The van der Waals surface area contributed by atoms with Crippen molar-refractivity contribution >= 4 is 35.6 Å². The zero-order chi connectivity index (χ0) is 13.1. The summed E-state index contributed by atoms with van der Waals surface area (Å²) in [6.07, 6.45) is 8.91. The highest BCUT2D eigenvalue weighted by Gasteiger charge is 2.20. The highest BCUT2D eigenvalue weighted by Crippen LogP contribution is 2.32. The Balaban J connectivity index is 0.00000147. The Kier molecular flexibility index (Phi) is 5.69. The van der Waals surface area contributed by atoms with Gasteiger partial charge in [-0.15, -0.1) is 24.0 Å². The van der Waals surface area contributed by atoms with Gasteiger partial charge in [0.05, 0.1) is 0 Å². The summed E-state index contributed by atoms with van der Waals surface area (Å²) in [7, 11) is 0. The summed E-state index contributed by atoms with van der Waals surface area (Å²) in [5.74, 6) is 1.49. The second-order valence-corrected chi connectivity index (χ2v) is 5.77. The van der Waals surface area contributed by atoms with Crippen LogP contribution in [0.25, 0.3) is 0 Å². The van der Waals surface area contributed by atoms with E-state index in [1.54, 1.807) is 0 Å². The zero-order valence-corrected chi connectivity index (χ0v) is 14.2. The number of benzene rings is 1. The van der Waals surface area contributed by atoms with Gasteiger partial charge in [-0.05, 0) is 55.2 Å². The summed E-state index contributed by atoms with van der Waals surface area (Å²) >= 11 is 0. The molecule has 3 rings (SSSR count). The minimum atomic E-state index is 0. The molecule has 0 aromatic heterocycles. The van der Waals surface area contributed by atoms with E-state index in [4.69, 9.17) is 5.73 Å². The molecule has 1 saturated carbocycles. The standard InChI is InChI=1S/C16H23N3.HI/c17-16(18-11-10-12-8-9-12)19-15-7-3-5-13-4-1-2-6-14(13)15;/h3,5,7,12H,1-2,4,6,8-11H2,(H3,17,18,19);1H. The van der Waals surface area contributed by atoms with Gasteiger partial charge in [0.1, 0.15) is 0 Å². The molecule has 2 aliphatic carbocycles. The number of nitrogens with one attached hydrogen (secondary N) is 1. The molecule has 0 spiro atoms. The van der Waals surface area contributed by atoms with Crippen molar-refractivity contribution in [3.63, 3.8) is 0 Å². The molecule has 3 nitrogen and oxygen atoms in total. The van der Waals surface area contributed by atoms with Gasteiger partial charge in [0, 0.05) is 12.2 Å². The Hall–Kier alpha value is -0.780. The molecule has 0 heterocycles. The Morgan fingerprint density at radius 1 is 1.25 bits per heavy atom. The Morgan fingerprint density at radius 3 is 2.85 bits per heavy atom. The average Bonchev–Trinajstić information content (AvgIpc) is 3.23. The second-order valence-electron chi connectivity index (χ2n) is 5.77. The van der Waals surface area contributed by atoms with Crippen molar-refractivity contribution in [2.24, 2.45) is 16.6 Å². The lowest BCUT2D eigenvalue weighted by Crippen LogP contribution is -2.24. The van der Waals surface area contributed by atoms with E-state index in [9.17, 15) is 0 Å². The van der Waals surface area contributed by atoms with E-state index < -0.39 is 0 Å². The summed E-state index contributed by atoms with van der Waals surface area (Å²) in [6.45, 7) is 0.860. The van der Waals surface area contributed by atoms with Crippen LogP contribution >= 0.6 is 24.0 Å². The first-order valence-electron chi connectivity index (χ1n) is 7.50. The molecule has 2 aliphatic rings. The van der Waals surface area contributed by atoms with Crippen LogP contribution in [0, 0.1) is 5.92 Å². The quantitative estimate of drug-likeness (QED) is 0.472. The van der Waals surface area contributed by atoms with Crippen molar-refractivity contribution in [3.05, 3.63) is 29.3 Å². The van der Waals surface area contributed by atoms with Crippen LogP contribution in [0.3, 0.4) is 0 Å². The smallest absolute Gasteiger partial charge is 0.193 e. The van der Waals surface area contributed by atoms with Crippen LogP contribution in [0.2, 0.25) is 0 Å². The maximum absolute atomic E-state index is 5.98. The number of anilines is 1. The van der Waals surface area contributed by atoms with Gasteiger partial charge in [-0.3, -0.25) is 4.99 Å². The van der Waals surface area contributed by atoms with Crippen molar-refractivity contribution in [3.8, 4) is 0 Å². The van der Waals surface area contributed by atoms with Crippen LogP contribution in [0.15, 0.2) is 23.2 Å². The first kappa shape index (κ1) is 15.6. The van der Waals surface area contributed by atoms with Gasteiger partial charge in [0.25, 0.3) is 0 Å². The van der Waals surface area contributed by atoms with Crippen molar-refractivity contribution in [1.82, 2.24) is 0 Å². The highest BCUT2D eigenvalue weighted by molar-refractivity contribution is 14.0. The van der Waals surface area contributed by atoms with Crippen LogP contribution in [0.5, 0.6) is 0 Å². The molecule has 0 bridgehead atoms. The molecule has 110 valence electrons. The number of nitrogens with two attached hydrogens (primary N) is 1. The molecule has 0 atom stereocenters. The molecule has 4 heteroatoms. The molecule has 3 N–H and O–H groups in total. The Bertz CT molecular complexity index is 481. The monoisotopic (exact) mass is 385 g/mol. The molecule has 1 fully saturated rings. The molecule has 0 radical (unpaired) electrons. The topological polar surface area (TPSA) is 50.4 Å². The first-order chi connectivity index (χ1) is 9.33. The molecular weight excluding hydrogens is 361 g/mol. The first-order valence-corrected chi connectivity index (χ1v) is 7.50. The lowest BCUT2D eigenvalue weighted by molar-refractivity contribution is 0.687. The fourth-order valence-corrected chi connectivity index (χ4v) is 2.85. The van der Waals surface area contributed by atoms with E-state index in [1.165, 1.54) is 49.7 Å². The number of hydrogen-bond donors (Lipinski definition) is 2. The van der Waals surface area contributed by atoms with Gasteiger partial charge in [0.2, 0.25) is 0 Å². The van der Waals surface area contributed by atoms with E-state index >= 15 is 0 Å². The van der Waals surface area contributed by atoms with Crippen LogP contribution in [-0.4, -0.2) is 12.5 Å². The van der Waals surface area contributed by atoms with E-state index in [2.05, 4.69) is 28.5 Å². The van der Waals surface area contributed by atoms with E-state index in [-0.39, 0.29) is 24.0 Å². The molecule has 0 saturated heterocycles. The Morgan fingerprint density at radius 2 is 2.05 bits per heavy atom. The van der Waals surface area contributed by atoms with E-state index in [0.717, 1.165) is 24.6 Å². The fraction of sp³-hybridized carbons (Fsp3) is 0.562. The molecule has 0 unspecified atom stereocenters. The molecule has 0 amide bonds. The zero-order valence-electron chi connectivity index (χ0n) is 11.9. The molecule has 1 aromatic rings. The molecule has 0 aliphatic heterocycles. The number of rotatable bonds is 4. The van der Waals surface area contributed by atoms with Gasteiger partial charge in [-0.2, -0.15) is 0 Å². The minimum Gasteiger partial charge on any atom is -0.370 e. The van der Waals surface area contributed by atoms with Gasteiger partial charge in [-0.25, -0.2) is 0 Å². The molecule has 1 aromatic carbocycles. The fourth-order valence-electron chi connectivity index (χ4n) is 2.85. The number of halogens is 1. The summed E-state index contributed by atoms with van der Waals surface area (Å²) in [5, 5.41) is 3.29. The van der Waals surface area contributed by atoms with Gasteiger partial charge in [-0.1, -0.05) is 25.0 Å². The number of hydrogen-bond acceptors (Lipinski definition) is 1. The van der Waals surface area contributed by atoms with E-state index in [1.807, 2.05) is 0 Å². The average molecular weight is 385 g/mol. The maximum Gasteiger partial charge on any atom is 0.193 e. The van der Waals surface area contributed by atoms with Crippen LogP contribution in [-0.2, 0) is 12.8 Å². The van der Waals surface area contributed by atoms with Crippen molar-refractivity contribution < 1.29 is 0 Å². The number of guanidine groups is 1. The SMILES string of the molecule is I.NC(=NCCC1CC1)Nc1cccc2c1CCCC2. The summed E-state index contributed by atoms with van der Waals surface area (Å²) in [4.78, 5) is 4.43.